The molecule has 0 aliphatic rings. The average Bonchev–Trinajstić information content (AvgIpc) is 3.26. The van der Waals surface area contributed by atoms with E-state index in [0.29, 0.717) is 11.6 Å². The van der Waals surface area contributed by atoms with Crippen LogP contribution in [0.4, 0.5) is 5.95 Å². The summed E-state index contributed by atoms with van der Waals surface area (Å²) in [5, 5.41) is 13.6. The number of anilines is 1. The zero-order valence-electron chi connectivity index (χ0n) is 13.8. The molecule has 124 valence electrons. The second-order valence-corrected chi connectivity index (χ2v) is 5.67. The molecule has 0 atom stereocenters. The van der Waals surface area contributed by atoms with Crippen molar-refractivity contribution in [3.8, 4) is 0 Å². The fraction of sp³-hybridized carbons (Fsp3) is 0.111. The molecule has 3 aromatic heterocycles. The average molecular weight is 332 g/mol. The lowest BCUT2D eigenvalue weighted by molar-refractivity contribution is 0.557. The number of hydrogen-bond donors (Lipinski definition) is 2. The number of hydrogen-bond acceptors (Lipinski definition) is 6. The molecule has 0 bridgehead atoms. The molecule has 25 heavy (non-hydrogen) atoms. The third-order valence-electron chi connectivity index (χ3n) is 3.82. The normalized spacial score (nSPS) is 12.5. The van der Waals surface area contributed by atoms with Crippen molar-refractivity contribution in [1.29, 1.82) is 0 Å². The zero-order chi connectivity index (χ0) is 17.2. The third-order valence-corrected chi connectivity index (χ3v) is 3.82. The summed E-state index contributed by atoms with van der Waals surface area (Å²) in [7, 11) is 0. The van der Waals surface area contributed by atoms with E-state index in [2.05, 4.69) is 30.7 Å². The van der Waals surface area contributed by atoms with Crippen LogP contribution in [-0.2, 0) is 0 Å². The monoisotopic (exact) mass is 332 g/mol. The summed E-state index contributed by atoms with van der Waals surface area (Å²) in [5.74, 6) is 1.10. The number of allylic oxidation sites excluding steroid dienone is 1. The topological polar surface area (TPSA) is 92.0 Å². The number of furan rings is 1. The molecular formula is C18H16N6O. The lowest BCUT2D eigenvalue weighted by Gasteiger charge is -1.98. The number of para-hydroxylation sites is 1. The Balaban J connectivity index is 1.58. The number of rotatable bonds is 4. The van der Waals surface area contributed by atoms with Gasteiger partial charge in [-0.3, -0.25) is 0 Å². The molecule has 0 unspecified atom stereocenters. The first-order valence-electron chi connectivity index (χ1n) is 7.84. The second-order valence-electron chi connectivity index (χ2n) is 5.67. The van der Waals surface area contributed by atoms with Crippen LogP contribution in [0.5, 0.6) is 0 Å². The quantitative estimate of drug-likeness (QED) is 0.437. The van der Waals surface area contributed by atoms with E-state index in [9.17, 15) is 0 Å². The van der Waals surface area contributed by atoms with Gasteiger partial charge in [-0.2, -0.15) is 10.1 Å². The molecule has 7 nitrogen and oxygen atoms in total. The molecule has 0 fully saturated rings. The van der Waals surface area contributed by atoms with E-state index in [0.717, 1.165) is 33.5 Å². The van der Waals surface area contributed by atoms with Gasteiger partial charge in [-0.1, -0.05) is 18.2 Å². The molecule has 0 saturated heterocycles. The van der Waals surface area contributed by atoms with Gasteiger partial charge >= 0.3 is 0 Å². The molecule has 2 N–H and O–H groups in total. The van der Waals surface area contributed by atoms with Crippen LogP contribution in [-0.4, -0.2) is 25.9 Å². The molecule has 0 aliphatic heterocycles. The Morgan fingerprint density at radius 1 is 1.24 bits per heavy atom. The zero-order valence-corrected chi connectivity index (χ0v) is 13.8. The number of fused-ring (bicyclic) bond motifs is 3. The van der Waals surface area contributed by atoms with Gasteiger partial charge in [0.05, 0.1) is 17.5 Å². The van der Waals surface area contributed by atoms with Crippen molar-refractivity contribution < 1.29 is 4.42 Å². The van der Waals surface area contributed by atoms with Gasteiger partial charge in [-0.05, 0) is 43.7 Å². The minimum Gasteiger partial charge on any atom is -0.465 e. The molecule has 0 radical (unpaired) electrons. The van der Waals surface area contributed by atoms with E-state index in [1.807, 2.05) is 56.3 Å². The molecule has 1 aromatic carbocycles. The number of aromatic amines is 1. The second kappa shape index (κ2) is 6.20. The Labute approximate surface area is 143 Å². The number of hydrazone groups is 1. The Kier molecular flexibility index (Phi) is 3.74. The molecule has 4 rings (SSSR count). The summed E-state index contributed by atoms with van der Waals surface area (Å²) in [4.78, 5) is 7.74. The highest BCUT2D eigenvalue weighted by Crippen LogP contribution is 2.24. The largest absolute Gasteiger partial charge is 0.465 e. The predicted octanol–water partition coefficient (Wildman–Crippen LogP) is 3.91. The van der Waals surface area contributed by atoms with E-state index >= 15 is 0 Å². The van der Waals surface area contributed by atoms with E-state index in [4.69, 9.17) is 4.42 Å². The fourth-order valence-electron chi connectivity index (χ4n) is 2.56. The lowest BCUT2D eigenvalue weighted by Crippen LogP contribution is -2.00. The van der Waals surface area contributed by atoms with Crippen LogP contribution in [0, 0.1) is 6.92 Å². The predicted molar refractivity (Wildman–Crippen MR) is 98.4 cm³/mol. The summed E-state index contributed by atoms with van der Waals surface area (Å²) in [6, 6.07) is 9.75. The van der Waals surface area contributed by atoms with Gasteiger partial charge < -0.3 is 9.40 Å². The van der Waals surface area contributed by atoms with Crippen molar-refractivity contribution in [3.63, 3.8) is 0 Å². The van der Waals surface area contributed by atoms with E-state index in [1.54, 1.807) is 6.26 Å². The Hall–Kier alpha value is -3.48. The number of aromatic nitrogens is 4. The van der Waals surface area contributed by atoms with Crippen LogP contribution in [0.15, 0.2) is 52.2 Å². The van der Waals surface area contributed by atoms with Crippen molar-refractivity contribution in [2.24, 2.45) is 5.10 Å². The van der Waals surface area contributed by atoms with Gasteiger partial charge in [0, 0.05) is 5.39 Å². The highest BCUT2D eigenvalue weighted by Gasteiger charge is 2.09. The highest BCUT2D eigenvalue weighted by molar-refractivity contribution is 6.04. The molecule has 0 aliphatic carbocycles. The molecule has 4 aromatic rings. The molecule has 0 amide bonds. The number of benzene rings is 1. The van der Waals surface area contributed by atoms with Gasteiger partial charge in [0.2, 0.25) is 0 Å². The van der Waals surface area contributed by atoms with Gasteiger partial charge in [0.15, 0.2) is 5.65 Å². The van der Waals surface area contributed by atoms with Crippen molar-refractivity contribution in [3.05, 3.63) is 54.0 Å². The maximum atomic E-state index is 5.23. The number of H-pyrrole nitrogens is 1. The van der Waals surface area contributed by atoms with E-state index in [-0.39, 0.29) is 0 Å². The van der Waals surface area contributed by atoms with Crippen LogP contribution in [0.2, 0.25) is 0 Å². The van der Waals surface area contributed by atoms with Crippen molar-refractivity contribution >= 4 is 39.8 Å². The van der Waals surface area contributed by atoms with Crippen LogP contribution < -0.4 is 5.43 Å². The first-order valence-corrected chi connectivity index (χ1v) is 7.84. The summed E-state index contributed by atoms with van der Waals surface area (Å²) in [6.45, 7) is 3.91. The molecule has 0 spiro atoms. The van der Waals surface area contributed by atoms with E-state index < -0.39 is 0 Å². The summed E-state index contributed by atoms with van der Waals surface area (Å²) < 4.78 is 5.23. The Morgan fingerprint density at radius 3 is 3.00 bits per heavy atom. The first kappa shape index (κ1) is 15.1. The van der Waals surface area contributed by atoms with Crippen LogP contribution in [0.25, 0.3) is 28.1 Å². The molecule has 3 heterocycles. The van der Waals surface area contributed by atoms with Crippen molar-refractivity contribution in [2.45, 2.75) is 13.8 Å². The highest BCUT2D eigenvalue weighted by atomic mass is 16.3. The fourth-order valence-corrected chi connectivity index (χ4v) is 2.56. The summed E-state index contributed by atoms with van der Waals surface area (Å²) in [5.41, 5.74) is 7.19. The first-order chi connectivity index (χ1) is 12.2. The van der Waals surface area contributed by atoms with Gasteiger partial charge in [-0.25, -0.2) is 5.43 Å². The van der Waals surface area contributed by atoms with E-state index in [1.165, 1.54) is 0 Å². The standard InChI is InChI=1S/C18H16N6O/c1-11-5-3-7-14-15(11)19-17-16(14)22-24-18(20-17)23-21-12(2)8-9-13-6-4-10-25-13/h3-10H,1-2H3,(H2,19,20,23,24). The van der Waals surface area contributed by atoms with Gasteiger partial charge in [-0.15, -0.1) is 10.2 Å². The van der Waals surface area contributed by atoms with Crippen LogP contribution in [0.1, 0.15) is 18.2 Å². The van der Waals surface area contributed by atoms with Gasteiger partial charge in [0.1, 0.15) is 11.3 Å². The number of nitrogens with one attached hydrogen (secondary N) is 2. The third kappa shape index (κ3) is 2.99. The SMILES string of the molecule is CC(C=Cc1ccco1)=NNc1nnc2c(n1)[nH]c1c(C)cccc12. The summed E-state index contributed by atoms with van der Waals surface area (Å²) in [6.07, 6.45) is 5.30. The number of nitrogens with zero attached hydrogens (tertiary/aromatic N) is 4. The lowest BCUT2D eigenvalue weighted by atomic mass is 10.1. The molecular weight excluding hydrogens is 316 g/mol. The minimum absolute atomic E-state index is 0.336. The number of aryl methyl sites for hydroxylation is 1. The van der Waals surface area contributed by atoms with Crippen molar-refractivity contribution in [2.75, 3.05) is 5.43 Å². The van der Waals surface area contributed by atoms with Gasteiger partial charge in [0.25, 0.3) is 5.95 Å². The maximum Gasteiger partial charge on any atom is 0.265 e. The smallest absolute Gasteiger partial charge is 0.265 e. The molecule has 0 saturated carbocycles. The van der Waals surface area contributed by atoms with Crippen LogP contribution >= 0.6 is 0 Å². The molecule has 7 heteroatoms. The maximum absolute atomic E-state index is 5.23. The van der Waals surface area contributed by atoms with Crippen LogP contribution in [0.3, 0.4) is 0 Å². The minimum atomic E-state index is 0.336. The van der Waals surface area contributed by atoms with Crippen molar-refractivity contribution in [1.82, 2.24) is 20.2 Å². The summed E-state index contributed by atoms with van der Waals surface area (Å²) >= 11 is 0. The Morgan fingerprint density at radius 2 is 2.16 bits per heavy atom. The Bertz CT molecular complexity index is 1090.